The molecule has 1 aromatic carbocycles. The van der Waals surface area contributed by atoms with Crippen molar-refractivity contribution in [3.63, 3.8) is 0 Å². The average molecular weight is 256 g/mol. The Balaban J connectivity index is 2.02. The lowest BCUT2D eigenvalue weighted by atomic mass is 10.1. The highest BCUT2D eigenvalue weighted by molar-refractivity contribution is 5.40. The van der Waals surface area contributed by atoms with Crippen molar-refractivity contribution in [2.24, 2.45) is 0 Å². The van der Waals surface area contributed by atoms with Crippen LogP contribution in [0.2, 0.25) is 0 Å². The molecule has 2 rings (SSSR count). The Kier molecular flexibility index (Phi) is 4.39. The molecule has 0 atom stereocenters. The highest BCUT2D eigenvalue weighted by atomic mass is 16.5. The van der Waals surface area contributed by atoms with Gasteiger partial charge in [-0.25, -0.2) is 4.98 Å². The third-order valence-electron chi connectivity index (χ3n) is 2.90. The number of aromatic nitrogens is 1. The minimum Gasteiger partial charge on any atom is -0.494 e. The van der Waals surface area contributed by atoms with E-state index in [1.165, 1.54) is 11.1 Å². The Bertz CT molecular complexity index is 552. The van der Waals surface area contributed by atoms with Gasteiger partial charge in [0.05, 0.1) is 6.61 Å². The Morgan fingerprint density at radius 2 is 2.00 bits per heavy atom. The molecule has 0 amide bonds. The molecule has 0 aliphatic heterocycles. The standard InChI is InChI=1S/C16H20N2O/c1-4-19-15-9-8-14(10-12(15)2)11-17-16-7-5-6-13(3)18-16/h5-10H,4,11H2,1-3H3,(H,17,18). The van der Waals surface area contributed by atoms with Gasteiger partial charge in [-0.05, 0) is 50.1 Å². The monoisotopic (exact) mass is 256 g/mol. The lowest BCUT2D eigenvalue weighted by Crippen LogP contribution is -2.02. The van der Waals surface area contributed by atoms with E-state index in [4.69, 9.17) is 4.74 Å². The summed E-state index contributed by atoms with van der Waals surface area (Å²) < 4.78 is 5.54. The summed E-state index contributed by atoms with van der Waals surface area (Å²) in [6.45, 7) is 7.53. The van der Waals surface area contributed by atoms with Crippen LogP contribution in [0.25, 0.3) is 0 Å². The first-order valence-corrected chi connectivity index (χ1v) is 6.59. The number of aryl methyl sites for hydroxylation is 2. The van der Waals surface area contributed by atoms with Crippen LogP contribution in [0.15, 0.2) is 36.4 Å². The number of nitrogens with zero attached hydrogens (tertiary/aromatic N) is 1. The normalized spacial score (nSPS) is 10.3. The van der Waals surface area contributed by atoms with Crippen LogP contribution in [0.1, 0.15) is 23.7 Å². The summed E-state index contributed by atoms with van der Waals surface area (Å²) in [5.41, 5.74) is 3.41. The molecule has 0 aliphatic carbocycles. The van der Waals surface area contributed by atoms with Gasteiger partial charge in [-0.2, -0.15) is 0 Å². The second-order valence-corrected chi connectivity index (χ2v) is 4.55. The van der Waals surface area contributed by atoms with E-state index in [0.717, 1.165) is 23.8 Å². The quantitative estimate of drug-likeness (QED) is 0.885. The summed E-state index contributed by atoms with van der Waals surface area (Å²) in [5, 5.41) is 3.33. The molecule has 0 bridgehead atoms. The number of nitrogens with one attached hydrogen (secondary N) is 1. The van der Waals surface area contributed by atoms with Crippen molar-refractivity contribution in [3.05, 3.63) is 53.2 Å². The molecule has 0 saturated heterocycles. The van der Waals surface area contributed by atoms with E-state index in [2.05, 4.69) is 29.4 Å². The smallest absolute Gasteiger partial charge is 0.126 e. The maximum Gasteiger partial charge on any atom is 0.126 e. The summed E-state index contributed by atoms with van der Waals surface area (Å²) in [6, 6.07) is 12.2. The summed E-state index contributed by atoms with van der Waals surface area (Å²) in [4.78, 5) is 4.42. The predicted molar refractivity (Wildman–Crippen MR) is 78.6 cm³/mol. The van der Waals surface area contributed by atoms with Gasteiger partial charge >= 0.3 is 0 Å². The average Bonchev–Trinajstić information content (AvgIpc) is 2.39. The largest absolute Gasteiger partial charge is 0.494 e. The van der Waals surface area contributed by atoms with Crippen molar-refractivity contribution in [2.75, 3.05) is 11.9 Å². The molecule has 1 aromatic heterocycles. The number of ether oxygens (including phenoxy) is 1. The Labute approximate surface area is 114 Å². The Morgan fingerprint density at radius 1 is 1.16 bits per heavy atom. The molecule has 3 heteroatoms. The number of anilines is 1. The second kappa shape index (κ2) is 6.23. The van der Waals surface area contributed by atoms with Crippen LogP contribution in [0.3, 0.4) is 0 Å². The zero-order chi connectivity index (χ0) is 13.7. The third kappa shape index (κ3) is 3.71. The van der Waals surface area contributed by atoms with Crippen LogP contribution < -0.4 is 10.1 Å². The molecule has 0 aliphatic rings. The molecule has 100 valence electrons. The molecule has 0 spiro atoms. The lowest BCUT2D eigenvalue weighted by Gasteiger charge is -2.10. The number of benzene rings is 1. The van der Waals surface area contributed by atoms with Gasteiger partial charge in [-0.3, -0.25) is 0 Å². The van der Waals surface area contributed by atoms with Crippen molar-refractivity contribution in [3.8, 4) is 5.75 Å². The van der Waals surface area contributed by atoms with Crippen LogP contribution in [-0.2, 0) is 6.54 Å². The molecule has 1 heterocycles. The summed E-state index contributed by atoms with van der Waals surface area (Å²) in [6.07, 6.45) is 0. The van der Waals surface area contributed by atoms with E-state index in [-0.39, 0.29) is 0 Å². The second-order valence-electron chi connectivity index (χ2n) is 4.55. The van der Waals surface area contributed by atoms with Gasteiger partial charge in [0.25, 0.3) is 0 Å². The van der Waals surface area contributed by atoms with Gasteiger partial charge in [0.2, 0.25) is 0 Å². The highest BCUT2D eigenvalue weighted by Gasteiger charge is 2.01. The summed E-state index contributed by atoms with van der Waals surface area (Å²) in [7, 11) is 0. The van der Waals surface area contributed by atoms with Crippen molar-refractivity contribution in [1.82, 2.24) is 4.98 Å². The molecule has 3 nitrogen and oxygen atoms in total. The molecule has 0 unspecified atom stereocenters. The minimum atomic E-state index is 0.700. The number of hydrogen-bond donors (Lipinski definition) is 1. The van der Waals surface area contributed by atoms with Gasteiger partial charge in [-0.15, -0.1) is 0 Å². The van der Waals surface area contributed by atoms with Crippen LogP contribution in [0.4, 0.5) is 5.82 Å². The zero-order valence-corrected chi connectivity index (χ0v) is 11.7. The summed E-state index contributed by atoms with van der Waals surface area (Å²) >= 11 is 0. The SMILES string of the molecule is CCOc1ccc(CNc2cccc(C)n2)cc1C. The molecule has 0 fully saturated rings. The van der Waals surface area contributed by atoms with Crippen LogP contribution >= 0.6 is 0 Å². The molecular formula is C16H20N2O. The van der Waals surface area contributed by atoms with Crippen molar-refractivity contribution in [1.29, 1.82) is 0 Å². The van der Waals surface area contributed by atoms with Crippen LogP contribution in [0, 0.1) is 13.8 Å². The number of rotatable bonds is 5. The van der Waals surface area contributed by atoms with E-state index in [1.54, 1.807) is 0 Å². The first-order valence-electron chi connectivity index (χ1n) is 6.59. The van der Waals surface area contributed by atoms with Gasteiger partial charge in [0.1, 0.15) is 11.6 Å². The Hall–Kier alpha value is -2.03. The zero-order valence-electron chi connectivity index (χ0n) is 11.7. The molecule has 2 aromatic rings. The van der Waals surface area contributed by atoms with E-state index in [9.17, 15) is 0 Å². The molecular weight excluding hydrogens is 236 g/mol. The van der Waals surface area contributed by atoms with Gasteiger partial charge < -0.3 is 10.1 Å². The fourth-order valence-electron chi connectivity index (χ4n) is 1.97. The van der Waals surface area contributed by atoms with Gasteiger partial charge in [-0.1, -0.05) is 18.2 Å². The predicted octanol–water partition coefficient (Wildman–Crippen LogP) is 3.71. The van der Waals surface area contributed by atoms with Gasteiger partial charge in [0, 0.05) is 12.2 Å². The van der Waals surface area contributed by atoms with E-state index in [0.29, 0.717) is 6.61 Å². The van der Waals surface area contributed by atoms with Gasteiger partial charge in [0.15, 0.2) is 0 Å². The lowest BCUT2D eigenvalue weighted by molar-refractivity contribution is 0.338. The Morgan fingerprint density at radius 3 is 2.68 bits per heavy atom. The van der Waals surface area contributed by atoms with E-state index < -0.39 is 0 Å². The summed E-state index contributed by atoms with van der Waals surface area (Å²) in [5.74, 6) is 1.87. The first-order chi connectivity index (χ1) is 9.19. The first kappa shape index (κ1) is 13.4. The minimum absolute atomic E-state index is 0.700. The third-order valence-corrected chi connectivity index (χ3v) is 2.90. The van der Waals surface area contributed by atoms with Crippen LogP contribution in [-0.4, -0.2) is 11.6 Å². The number of hydrogen-bond acceptors (Lipinski definition) is 3. The van der Waals surface area contributed by atoms with E-state index in [1.807, 2.05) is 38.1 Å². The topological polar surface area (TPSA) is 34.1 Å². The van der Waals surface area contributed by atoms with Crippen molar-refractivity contribution < 1.29 is 4.74 Å². The van der Waals surface area contributed by atoms with Crippen molar-refractivity contribution >= 4 is 5.82 Å². The van der Waals surface area contributed by atoms with E-state index >= 15 is 0 Å². The molecule has 0 saturated carbocycles. The maximum absolute atomic E-state index is 5.54. The van der Waals surface area contributed by atoms with Crippen molar-refractivity contribution in [2.45, 2.75) is 27.3 Å². The van der Waals surface area contributed by atoms with Crippen LogP contribution in [0.5, 0.6) is 5.75 Å². The fourth-order valence-corrected chi connectivity index (χ4v) is 1.97. The number of pyridine rings is 1. The highest BCUT2D eigenvalue weighted by Crippen LogP contribution is 2.19. The fraction of sp³-hybridized carbons (Fsp3) is 0.312. The molecule has 19 heavy (non-hydrogen) atoms. The molecule has 0 radical (unpaired) electrons. The molecule has 1 N–H and O–H groups in total. The maximum atomic E-state index is 5.54.